The number of carbonyl (C=O) groups excluding carboxylic acids is 2. The molecule has 2 aliphatic heterocycles. The smallest absolute Gasteiger partial charge is 0.324 e. The van der Waals surface area contributed by atoms with Crippen molar-refractivity contribution in [1.82, 2.24) is 15.1 Å². The third kappa shape index (κ3) is 3.17. The molecule has 0 saturated carbocycles. The fourth-order valence-corrected chi connectivity index (χ4v) is 3.33. The maximum Gasteiger partial charge on any atom is 0.324 e. The van der Waals surface area contributed by atoms with Gasteiger partial charge in [-0.25, -0.2) is 4.79 Å². The molecule has 1 aromatic carbocycles. The largest absolute Gasteiger partial charge is 0.369 e. The zero-order valence-corrected chi connectivity index (χ0v) is 13.8. The fourth-order valence-electron chi connectivity index (χ4n) is 3.33. The molecule has 1 atom stereocenters. The van der Waals surface area contributed by atoms with E-state index < -0.39 is 0 Å². The highest BCUT2D eigenvalue weighted by Gasteiger charge is 2.33. The topological polar surface area (TPSA) is 55.9 Å². The number of anilines is 1. The van der Waals surface area contributed by atoms with Crippen LogP contribution in [0.5, 0.6) is 0 Å². The summed E-state index contributed by atoms with van der Waals surface area (Å²) in [7, 11) is 0. The number of hydrogen-bond acceptors (Lipinski definition) is 4. The first-order valence-electron chi connectivity index (χ1n) is 8.22. The van der Waals surface area contributed by atoms with E-state index in [1.165, 1.54) is 16.2 Å². The van der Waals surface area contributed by atoms with Crippen LogP contribution in [0.3, 0.4) is 0 Å². The lowest BCUT2D eigenvalue weighted by Crippen LogP contribution is -2.55. The molecule has 124 valence electrons. The molecule has 1 N–H and O–H groups in total. The van der Waals surface area contributed by atoms with Crippen LogP contribution in [0.4, 0.5) is 10.5 Å². The number of rotatable bonds is 3. The minimum atomic E-state index is -0.264. The van der Waals surface area contributed by atoms with Gasteiger partial charge in [-0.1, -0.05) is 18.2 Å². The minimum absolute atomic E-state index is 0.0932. The molecule has 0 bridgehead atoms. The molecule has 2 fully saturated rings. The van der Waals surface area contributed by atoms with Crippen LogP contribution >= 0.6 is 0 Å². The van der Waals surface area contributed by atoms with Crippen LogP contribution in [-0.4, -0.2) is 67.0 Å². The summed E-state index contributed by atoms with van der Waals surface area (Å²) in [5.41, 5.74) is 2.55. The Morgan fingerprint density at radius 3 is 2.43 bits per heavy atom. The second-order valence-electron chi connectivity index (χ2n) is 6.21. The van der Waals surface area contributed by atoms with Crippen LogP contribution in [0.15, 0.2) is 24.3 Å². The van der Waals surface area contributed by atoms with E-state index in [0.29, 0.717) is 13.1 Å². The van der Waals surface area contributed by atoms with E-state index in [4.69, 9.17) is 0 Å². The molecule has 0 aromatic heterocycles. The Morgan fingerprint density at radius 1 is 1.13 bits per heavy atom. The van der Waals surface area contributed by atoms with Crippen molar-refractivity contribution in [3.63, 3.8) is 0 Å². The molecule has 0 radical (unpaired) electrons. The molecule has 23 heavy (non-hydrogen) atoms. The number of amides is 3. The number of carbonyl (C=O) groups is 2. The SMILES string of the molecule is Cc1ccccc1N1CCN([C@H](C)C(=O)N2CCNC2=O)CC1. The van der Waals surface area contributed by atoms with E-state index in [2.05, 4.69) is 46.3 Å². The first kappa shape index (κ1) is 15.8. The van der Waals surface area contributed by atoms with Gasteiger partial charge in [0.05, 0.1) is 6.04 Å². The number of aryl methyl sites for hydroxylation is 1. The summed E-state index contributed by atoms with van der Waals surface area (Å²) in [6, 6.07) is 7.87. The van der Waals surface area contributed by atoms with Crippen molar-refractivity contribution in [3.8, 4) is 0 Å². The van der Waals surface area contributed by atoms with Gasteiger partial charge in [0.15, 0.2) is 0 Å². The molecule has 6 nitrogen and oxygen atoms in total. The Hall–Kier alpha value is -2.08. The van der Waals surface area contributed by atoms with Crippen molar-refractivity contribution in [2.45, 2.75) is 19.9 Å². The molecule has 3 amide bonds. The molecular weight excluding hydrogens is 292 g/mol. The molecule has 6 heteroatoms. The fraction of sp³-hybridized carbons (Fsp3) is 0.529. The number of benzene rings is 1. The van der Waals surface area contributed by atoms with Crippen molar-refractivity contribution in [2.75, 3.05) is 44.2 Å². The molecule has 2 heterocycles. The number of nitrogens with zero attached hydrogens (tertiary/aromatic N) is 3. The monoisotopic (exact) mass is 316 g/mol. The average Bonchev–Trinajstić information content (AvgIpc) is 3.00. The van der Waals surface area contributed by atoms with Gasteiger partial charge < -0.3 is 10.2 Å². The summed E-state index contributed by atoms with van der Waals surface area (Å²) < 4.78 is 0. The molecule has 0 spiro atoms. The van der Waals surface area contributed by atoms with Gasteiger partial charge in [-0.15, -0.1) is 0 Å². The number of hydrogen-bond donors (Lipinski definition) is 1. The van der Waals surface area contributed by atoms with Crippen molar-refractivity contribution in [1.29, 1.82) is 0 Å². The van der Waals surface area contributed by atoms with E-state index in [9.17, 15) is 9.59 Å². The minimum Gasteiger partial charge on any atom is -0.369 e. The lowest BCUT2D eigenvalue weighted by Gasteiger charge is -2.39. The number of imide groups is 1. The number of urea groups is 1. The van der Waals surface area contributed by atoms with Gasteiger partial charge in [0.1, 0.15) is 0 Å². The summed E-state index contributed by atoms with van der Waals surface area (Å²) in [6.45, 7) is 8.51. The van der Waals surface area contributed by atoms with Gasteiger partial charge in [0, 0.05) is 45.0 Å². The third-order valence-electron chi connectivity index (χ3n) is 4.80. The summed E-state index contributed by atoms with van der Waals surface area (Å²) >= 11 is 0. The normalized spacial score (nSPS) is 20.5. The molecule has 0 unspecified atom stereocenters. The lowest BCUT2D eigenvalue weighted by molar-refractivity contribution is -0.132. The molecule has 1 aromatic rings. The highest BCUT2D eigenvalue weighted by atomic mass is 16.2. The van der Waals surface area contributed by atoms with Gasteiger partial charge in [-0.2, -0.15) is 0 Å². The predicted molar refractivity (Wildman–Crippen MR) is 89.5 cm³/mol. The van der Waals surface area contributed by atoms with Crippen molar-refractivity contribution in [2.24, 2.45) is 0 Å². The molecule has 2 aliphatic rings. The highest BCUT2D eigenvalue weighted by Crippen LogP contribution is 2.21. The standard InChI is InChI=1S/C17H24N4O2/c1-13-5-3-4-6-15(13)20-11-9-19(10-12-20)14(2)16(22)21-8-7-18-17(21)23/h3-6,14H,7-12H2,1-2H3,(H,18,23)/t14-/m1/s1. The second-order valence-corrected chi connectivity index (χ2v) is 6.21. The first-order chi connectivity index (χ1) is 11.1. The molecule has 0 aliphatic carbocycles. The Labute approximate surface area is 137 Å². The Bertz CT molecular complexity index is 596. The number of para-hydroxylation sites is 1. The number of nitrogens with one attached hydrogen (secondary N) is 1. The van der Waals surface area contributed by atoms with Crippen LogP contribution in [0.1, 0.15) is 12.5 Å². The van der Waals surface area contributed by atoms with E-state index in [-0.39, 0.29) is 18.0 Å². The maximum absolute atomic E-state index is 12.5. The third-order valence-corrected chi connectivity index (χ3v) is 4.80. The zero-order chi connectivity index (χ0) is 16.4. The Morgan fingerprint density at radius 2 is 1.83 bits per heavy atom. The molecule has 2 saturated heterocycles. The van der Waals surface area contributed by atoms with E-state index in [0.717, 1.165) is 26.2 Å². The summed E-state index contributed by atoms with van der Waals surface area (Å²) in [4.78, 5) is 30.0. The van der Waals surface area contributed by atoms with Crippen LogP contribution in [0.2, 0.25) is 0 Å². The second kappa shape index (κ2) is 6.58. The van der Waals surface area contributed by atoms with Crippen molar-refractivity contribution in [3.05, 3.63) is 29.8 Å². The van der Waals surface area contributed by atoms with Crippen LogP contribution < -0.4 is 10.2 Å². The lowest BCUT2D eigenvalue weighted by atomic mass is 10.1. The van der Waals surface area contributed by atoms with Gasteiger partial charge in [0.2, 0.25) is 5.91 Å². The highest BCUT2D eigenvalue weighted by molar-refractivity contribution is 5.98. The maximum atomic E-state index is 12.5. The zero-order valence-electron chi connectivity index (χ0n) is 13.8. The van der Waals surface area contributed by atoms with E-state index >= 15 is 0 Å². The Kier molecular flexibility index (Phi) is 4.52. The van der Waals surface area contributed by atoms with Gasteiger partial charge in [0.25, 0.3) is 0 Å². The van der Waals surface area contributed by atoms with Crippen LogP contribution in [0.25, 0.3) is 0 Å². The van der Waals surface area contributed by atoms with Crippen molar-refractivity contribution < 1.29 is 9.59 Å². The average molecular weight is 316 g/mol. The van der Waals surface area contributed by atoms with Crippen LogP contribution in [-0.2, 0) is 4.79 Å². The van der Waals surface area contributed by atoms with Crippen LogP contribution in [0, 0.1) is 6.92 Å². The van der Waals surface area contributed by atoms with Gasteiger partial charge >= 0.3 is 6.03 Å². The van der Waals surface area contributed by atoms with Gasteiger partial charge in [-0.3, -0.25) is 14.6 Å². The summed E-state index contributed by atoms with van der Waals surface area (Å²) in [5.74, 6) is -0.0932. The quantitative estimate of drug-likeness (QED) is 0.906. The van der Waals surface area contributed by atoms with E-state index in [1.54, 1.807) is 0 Å². The van der Waals surface area contributed by atoms with Crippen molar-refractivity contribution >= 4 is 17.6 Å². The first-order valence-corrected chi connectivity index (χ1v) is 8.22. The Balaban J connectivity index is 1.59. The summed E-state index contributed by atoms with van der Waals surface area (Å²) in [6.07, 6.45) is 0. The predicted octanol–water partition coefficient (Wildman–Crippen LogP) is 1.06. The molecule has 3 rings (SSSR count). The molecular formula is C17H24N4O2. The van der Waals surface area contributed by atoms with Gasteiger partial charge in [-0.05, 0) is 25.5 Å². The number of piperazine rings is 1. The summed E-state index contributed by atoms with van der Waals surface area (Å²) in [5, 5.41) is 2.68. The van der Waals surface area contributed by atoms with E-state index in [1.807, 2.05) is 6.92 Å².